The molecule has 0 atom stereocenters. The van der Waals surface area contributed by atoms with Gasteiger partial charge in [-0.25, -0.2) is 0 Å². The Kier molecular flexibility index (Phi) is 5.58. The third-order valence-corrected chi connectivity index (χ3v) is 6.62. The Hall–Kier alpha value is -2.80. The first-order valence-electron chi connectivity index (χ1n) is 9.90. The normalized spacial score (nSPS) is 14.4. The number of carbonyl (C=O) groups is 1. The van der Waals surface area contributed by atoms with Gasteiger partial charge in [0.15, 0.2) is 0 Å². The standard InChI is InChI=1S/C22H23N3O3S/c1-2-25-19-12-7-14(13-18(19)24-21(27)22(25)28)20(26)23-15-8-10-17(11-9-15)29-16-5-3-4-6-16/h7-13,16H,2-6H2,1H3,(H,23,26)(H,24,27). The van der Waals surface area contributed by atoms with Crippen molar-refractivity contribution in [3.8, 4) is 0 Å². The number of thioether (sulfide) groups is 1. The van der Waals surface area contributed by atoms with Crippen molar-refractivity contribution >= 4 is 34.4 Å². The third kappa shape index (κ3) is 4.15. The van der Waals surface area contributed by atoms with Crippen LogP contribution in [-0.2, 0) is 6.54 Å². The SMILES string of the molecule is CCn1c(=O)c(=O)[nH]c2cc(C(=O)Nc3ccc(SC4CCCC4)cc3)ccc21. The van der Waals surface area contributed by atoms with E-state index in [4.69, 9.17) is 0 Å². The molecule has 1 amide bonds. The summed E-state index contributed by atoms with van der Waals surface area (Å²) in [6, 6.07) is 12.8. The second-order valence-corrected chi connectivity index (χ2v) is 8.61. The fraction of sp³-hybridized carbons (Fsp3) is 0.318. The number of aromatic nitrogens is 2. The Morgan fingerprint density at radius 1 is 1.14 bits per heavy atom. The Labute approximate surface area is 172 Å². The summed E-state index contributed by atoms with van der Waals surface area (Å²) in [4.78, 5) is 40.2. The molecule has 4 rings (SSSR count). The number of rotatable bonds is 5. The fourth-order valence-corrected chi connectivity index (χ4v) is 5.00. The molecule has 0 radical (unpaired) electrons. The number of nitrogens with zero attached hydrogens (tertiary/aromatic N) is 1. The number of benzene rings is 2. The molecule has 2 aromatic carbocycles. The molecule has 1 heterocycles. The van der Waals surface area contributed by atoms with Gasteiger partial charge >= 0.3 is 11.1 Å². The molecule has 1 aliphatic rings. The van der Waals surface area contributed by atoms with Gasteiger partial charge in [-0.3, -0.25) is 14.4 Å². The lowest BCUT2D eigenvalue weighted by Crippen LogP contribution is -2.36. The van der Waals surface area contributed by atoms with Crippen LogP contribution in [-0.4, -0.2) is 20.7 Å². The van der Waals surface area contributed by atoms with Crippen LogP contribution in [0.3, 0.4) is 0 Å². The van der Waals surface area contributed by atoms with Gasteiger partial charge < -0.3 is 14.9 Å². The summed E-state index contributed by atoms with van der Waals surface area (Å²) in [5.74, 6) is -0.266. The largest absolute Gasteiger partial charge is 0.322 e. The topological polar surface area (TPSA) is 84.0 Å². The van der Waals surface area contributed by atoms with E-state index in [1.165, 1.54) is 35.1 Å². The van der Waals surface area contributed by atoms with Crippen molar-refractivity contribution in [1.29, 1.82) is 0 Å². The number of H-pyrrole nitrogens is 1. The summed E-state index contributed by atoms with van der Waals surface area (Å²) in [5, 5.41) is 3.59. The van der Waals surface area contributed by atoms with E-state index in [9.17, 15) is 14.4 Å². The van der Waals surface area contributed by atoms with Crippen LogP contribution in [0.5, 0.6) is 0 Å². The average Bonchev–Trinajstić information content (AvgIpc) is 3.23. The van der Waals surface area contributed by atoms with E-state index >= 15 is 0 Å². The lowest BCUT2D eigenvalue weighted by molar-refractivity contribution is 0.102. The number of carbonyl (C=O) groups excluding carboxylic acids is 1. The van der Waals surface area contributed by atoms with Crippen LogP contribution in [0.4, 0.5) is 5.69 Å². The molecule has 0 aliphatic heterocycles. The van der Waals surface area contributed by atoms with Crippen molar-refractivity contribution in [3.63, 3.8) is 0 Å². The number of amides is 1. The van der Waals surface area contributed by atoms with Crippen molar-refractivity contribution in [2.45, 2.75) is 49.3 Å². The second kappa shape index (κ2) is 8.29. The number of fused-ring (bicyclic) bond motifs is 1. The second-order valence-electron chi connectivity index (χ2n) is 7.24. The van der Waals surface area contributed by atoms with Crippen LogP contribution >= 0.6 is 11.8 Å². The van der Waals surface area contributed by atoms with Gasteiger partial charge in [-0.05, 0) is 62.2 Å². The van der Waals surface area contributed by atoms with E-state index in [2.05, 4.69) is 10.3 Å². The summed E-state index contributed by atoms with van der Waals surface area (Å²) >= 11 is 1.91. The highest BCUT2D eigenvalue weighted by molar-refractivity contribution is 8.00. The van der Waals surface area contributed by atoms with E-state index < -0.39 is 11.1 Å². The minimum absolute atomic E-state index is 0.266. The van der Waals surface area contributed by atoms with Gasteiger partial charge in [0.2, 0.25) is 0 Å². The van der Waals surface area contributed by atoms with Gasteiger partial charge in [0.25, 0.3) is 5.91 Å². The summed E-state index contributed by atoms with van der Waals surface area (Å²) in [6.45, 7) is 2.19. The molecule has 0 bridgehead atoms. The Morgan fingerprint density at radius 3 is 2.55 bits per heavy atom. The van der Waals surface area contributed by atoms with E-state index in [0.717, 1.165) is 5.69 Å². The maximum absolute atomic E-state index is 12.7. The highest BCUT2D eigenvalue weighted by Gasteiger charge is 2.16. The Bertz CT molecular complexity index is 1160. The lowest BCUT2D eigenvalue weighted by Gasteiger charge is -2.11. The summed E-state index contributed by atoms with van der Waals surface area (Å²) in [5.41, 5.74) is 0.922. The fourth-order valence-electron chi connectivity index (χ4n) is 3.75. The molecule has 3 aromatic rings. The molecular weight excluding hydrogens is 386 g/mol. The van der Waals surface area contributed by atoms with Crippen molar-refractivity contribution in [2.24, 2.45) is 0 Å². The first kappa shape index (κ1) is 19.5. The van der Waals surface area contributed by atoms with Crippen LogP contribution in [0.25, 0.3) is 11.0 Å². The molecule has 1 fully saturated rings. The van der Waals surface area contributed by atoms with E-state index in [1.807, 2.05) is 36.0 Å². The Morgan fingerprint density at radius 2 is 1.86 bits per heavy atom. The van der Waals surface area contributed by atoms with Crippen LogP contribution in [0.2, 0.25) is 0 Å². The predicted molar refractivity (Wildman–Crippen MR) is 117 cm³/mol. The lowest BCUT2D eigenvalue weighted by atomic mass is 10.1. The van der Waals surface area contributed by atoms with Crippen LogP contribution in [0.15, 0.2) is 56.9 Å². The van der Waals surface area contributed by atoms with Crippen LogP contribution in [0.1, 0.15) is 43.0 Å². The maximum atomic E-state index is 12.7. The van der Waals surface area contributed by atoms with E-state index in [0.29, 0.717) is 28.4 Å². The molecule has 2 N–H and O–H groups in total. The molecule has 0 unspecified atom stereocenters. The molecule has 7 heteroatoms. The van der Waals surface area contributed by atoms with Gasteiger partial charge in [0.1, 0.15) is 0 Å². The van der Waals surface area contributed by atoms with Gasteiger partial charge in [-0.2, -0.15) is 0 Å². The molecular formula is C22H23N3O3S. The predicted octanol–water partition coefficient (Wildman–Crippen LogP) is 4.00. The van der Waals surface area contributed by atoms with Crippen molar-refractivity contribution in [2.75, 3.05) is 5.32 Å². The zero-order valence-electron chi connectivity index (χ0n) is 16.2. The molecule has 1 aromatic heterocycles. The summed E-state index contributed by atoms with van der Waals surface area (Å²) in [6.07, 6.45) is 5.19. The third-order valence-electron chi connectivity index (χ3n) is 5.27. The first-order valence-corrected chi connectivity index (χ1v) is 10.8. The quantitative estimate of drug-likeness (QED) is 0.624. The van der Waals surface area contributed by atoms with Crippen molar-refractivity contribution in [3.05, 3.63) is 68.7 Å². The molecule has 150 valence electrons. The van der Waals surface area contributed by atoms with E-state index in [-0.39, 0.29) is 5.91 Å². The zero-order valence-corrected chi connectivity index (χ0v) is 17.1. The average molecular weight is 410 g/mol. The molecule has 0 saturated heterocycles. The number of aryl methyl sites for hydroxylation is 1. The number of aromatic amines is 1. The number of hydrogen-bond acceptors (Lipinski definition) is 4. The number of nitrogens with one attached hydrogen (secondary N) is 2. The number of hydrogen-bond donors (Lipinski definition) is 2. The molecule has 0 spiro atoms. The van der Waals surface area contributed by atoms with Gasteiger partial charge in [0, 0.05) is 27.9 Å². The highest BCUT2D eigenvalue weighted by Crippen LogP contribution is 2.35. The molecule has 6 nitrogen and oxygen atoms in total. The number of anilines is 1. The maximum Gasteiger partial charge on any atom is 0.316 e. The monoisotopic (exact) mass is 409 g/mol. The van der Waals surface area contributed by atoms with Gasteiger partial charge in [-0.1, -0.05) is 12.8 Å². The van der Waals surface area contributed by atoms with Crippen LogP contribution in [0, 0.1) is 0 Å². The minimum atomic E-state index is -0.688. The van der Waals surface area contributed by atoms with Gasteiger partial charge in [0.05, 0.1) is 11.0 Å². The highest BCUT2D eigenvalue weighted by atomic mass is 32.2. The van der Waals surface area contributed by atoms with E-state index in [1.54, 1.807) is 25.1 Å². The zero-order chi connectivity index (χ0) is 20.4. The summed E-state index contributed by atoms with van der Waals surface area (Å²) < 4.78 is 1.40. The molecule has 1 saturated carbocycles. The smallest absolute Gasteiger partial charge is 0.316 e. The molecule has 1 aliphatic carbocycles. The van der Waals surface area contributed by atoms with Crippen molar-refractivity contribution < 1.29 is 4.79 Å². The molecule has 29 heavy (non-hydrogen) atoms. The van der Waals surface area contributed by atoms with Crippen LogP contribution < -0.4 is 16.4 Å². The van der Waals surface area contributed by atoms with Crippen molar-refractivity contribution in [1.82, 2.24) is 9.55 Å². The van der Waals surface area contributed by atoms with Gasteiger partial charge in [-0.15, -0.1) is 11.8 Å². The minimum Gasteiger partial charge on any atom is -0.322 e. The first-order chi connectivity index (χ1) is 14.0. The summed E-state index contributed by atoms with van der Waals surface area (Å²) in [7, 11) is 0. The Balaban J connectivity index is 1.52.